The van der Waals surface area contributed by atoms with Crippen molar-refractivity contribution < 1.29 is 9.53 Å². The number of unbranched alkanes of at least 4 members (excludes halogenated alkanes) is 1. The Kier molecular flexibility index (Phi) is 12.9. The monoisotopic (exact) mass is 383 g/mol. The van der Waals surface area contributed by atoms with Crippen LogP contribution in [-0.2, 0) is 9.53 Å². The number of ether oxygens (including phenoxy) is 1. The maximum absolute atomic E-state index is 11.2. The van der Waals surface area contributed by atoms with Gasteiger partial charge in [-0.05, 0) is 64.6 Å². The zero-order chi connectivity index (χ0) is 19.9. The average molecular weight is 384 g/mol. The van der Waals surface area contributed by atoms with Gasteiger partial charge in [-0.25, -0.2) is 0 Å². The Morgan fingerprint density at radius 1 is 1.22 bits per heavy atom. The normalized spacial score (nSPS) is 16.7. The highest BCUT2D eigenvalue weighted by atomic mass is 16.5. The van der Waals surface area contributed by atoms with E-state index < -0.39 is 0 Å². The van der Waals surface area contributed by atoms with E-state index in [1.807, 2.05) is 0 Å². The number of nitrogens with two attached hydrogens (primary N) is 1. The van der Waals surface area contributed by atoms with Crippen molar-refractivity contribution in [1.29, 1.82) is 0 Å². The molecule has 7 nitrogen and oxygen atoms in total. The second kappa shape index (κ2) is 14.7. The van der Waals surface area contributed by atoms with E-state index in [9.17, 15) is 4.79 Å². The Morgan fingerprint density at radius 2 is 1.96 bits per heavy atom. The second-order valence-corrected chi connectivity index (χ2v) is 7.74. The molecule has 0 aliphatic carbocycles. The third kappa shape index (κ3) is 11.9. The summed E-state index contributed by atoms with van der Waals surface area (Å²) in [5.41, 5.74) is 5.39. The molecule has 1 amide bonds. The first-order valence-electron chi connectivity index (χ1n) is 10.6. The molecule has 1 rings (SSSR count). The molecule has 0 saturated carbocycles. The Hall–Kier alpha value is -1.34. The topological polar surface area (TPSA) is 92.0 Å². The van der Waals surface area contributed by atoms with Gasteiger partial charge in [-0.1, -0.05) is 13.8 Å². The maximum Gasteiger partial charge on any atom is 0.220 e. The fraction of sp³-hybridized carbons (Fsp3) is 0.900. The van der Waals surface area contributed by atoms with Gasteiger partial charge in [0.1, 0.15) is 0 Å². The molecule has 0 aromatic heterocycles. The largest absolute Gasteiger partial charge is 0.381 e. The zero-order valence-electron chi connectivity index (χ0n) is 17.6. The van der Waals surface area contributed by atoms with Crippen LogP contribution in [0, 0.1) is 11.8 Å². The van der Waals surface area contributed by atoms with Crippen molar-refractivity contribution in [3.8, 4) is 0 Å². The van der Waals surface area contributed by atoms with Crippen molar-refractivity contribution in [2.75, 3.05) is 52.5 Å². The second-order valence-electron chi connectivity index (χ2n) is 7.74. The van der Waals surface area contributed by atoms with Crippen LogP contribution in [0.2, 0.25) is 0 Å². The van der Waals surface area contributed by atoms with Gasteiger partial charge in [0.15, 0.2) is 5.96 Å². The van der Waals surface area contributed by atoms with E-state index in [0.29, 0.717) is 5.92 Å². The van der Waals surface area contributed by atoms with E-state index in [-0.39, 0.29) is 11.8 Å². The summed E-state index contributed by atoms with van der Waals surface area (Å²) in [6.45, 7) is 13.6. The molecular formula is C20H41N5O2. The van der Waals surface area contributed by atoms with Gasteiger partial charge >= 0.3 is 0 Å². The van der Waals surface area contributed by atoms with Crippen molar-refractivity contribution in [1.82, 2.24) is 15.5 Å². The summed E-state index contributed by atoms with van der Waals surface area (Å²) in [5, 5.41) is 6.70. The van der Waals surface area contributed by atoms with Crippen LogP contribution in [0.15, 0.2) is 4.99 Å². The van der Waals surface area contributed by atoms with E-state index in [2.05, 4.69) is 41.3 Å². The number of carbonyl (C=O) groups is 1. The number of amides is 1. The highest BCUT2D eigenvalue weighted by Crippen LogP contribution is 2.16. The molecule has 1 saturated heterocycles. The molecule has 4 N–H and O–H groups in total. The van der Waals surface area contributed by atoms with Gasteiger partial charge in [-0.2, -0.15) is 0 Å². The summed E-state index contributed by atoms with van der Waals surface area (Å²) < 4.78 is 5.59. The van der Waals surface area contributed by atoms with Crippen LogP contribution in [-0.4, -0.2) is 69.2 Å². The first-order valence-corrected chi connectivity index (χ1v) is 10.6. The van der Waals surface area contributed by atoms with Crippen LogP contribution in [0.1, 0.15) is 52.9 Å². The number of nitrogens with zero attached hydrogens (tertiary/aromatic N) is 2. The van der Waals surface area contributed by atoms with Crippen LogP contribution in [0.4, 0.5) is 0 Å². The van der Waals surface area contributed by atoms with E-state index in [1.165, 1.54) is 0 Å². The quantitative estimate of drug-likeness (QED) is 0.255. The highest BCUT2D eigenvalue weighted by molar-refractivity contribution is 5.79. The molecule has 1 aliphatic heterocycles. The zero-order valence-corrected chi connectivity index (χ0v) is 17.6. The molecule has 0 aromatic rings. The third-order valence-electron chi connectivity index (χ3n) is 4.70. The number of primary amides is 1. The van der Waals surface area contributed by atoms with Crippen molar-refractivity contribution >= 4 is 11.9 Å². The lowest BCUT2D eigenvalue weighted by molar-refractivity contribution is -0.123. The summed E-state index contributed by atoms with van der Waals surface area (Å²) in [4.78, 5) is 18.2. The number of carbonyl (C=O) groups excluding carboxylic acids is 1. The van der Waals surface area contributed by atoms with Gasteiger partial charge < -0.3 is 26.0 Å². The molecule has 0 unspecified atom stereocenters. The molecule has 0 aromatic carbocycles. The van der Waals surface area contributed by atoms with Crippen molar-refractivity contribution in [2.45, 2.75) is 52.9 Å². The smallest absolute Gasteiger partial charge is 0.220 e. The van der Waals surface area contributed by atoms with Crippen LogP contribution in [0.5, 0.6) is 0 Å². The number of hydrogen-bond acceptors (Lipinski definition) is 4. The van der Waals surface area contributed by atoms with Crippen LogP contribution >= 0.6 is 0 Å². The third-order valence-corrected chi connectivity index (χ3v) is 4.70. The van der Waals surface area contributed by atoms with Crippen LogP contribution in [0.3, 0.4) is 0 Å². The Balaban J connectivity index is 2.09. The Labute approximate surface area is 165 Å². The summed E-state index contributed by atoms with van der Waals surface area (Å²) in [7, 11) is 0. The molecule has 158 valence electrons. The van der Waals surface area contributed by atoms with Crippen molar-refractivity contribution in [2.24, 2.45) is 22.6 Å². The fourth-order valence-corrected chi connectivity index (χ4v) is 3.13. The molecule has 27 heavy (non-hydrogen) atoms. The highest BCUT2D eigenvalue weighted by Gasteiger charge is 2.22. The number of likely N-dealkylation sites (tertiary alicyclic amines) is 1. The molecule has 0 bridgehead atoms. The molecular weight excluding hydrogens is 342 g/mol. The van der Waals surface area contributed by atoms with Crippen molar-refractivity contribution in [3.05, 3.63) is 0 Å². The lowest BCUT2D eigenvalue weighted by Crippen LogP contribution is -2.39. The predicted octanol–water partition coefficient (Wildman–Crippen LogP) is 1.58. The molecule has 0 radical (unpaired) electrons. The van der Waals surface area contributed by atoms with E-state index in [4.69, 9.17) is 10.5 Å². The predicted molar refractivity (Wildman–Crippen MR) is 112 cm³/mol. The average Bonchev–Trinajstić information content (AvgIpc) is 2.64. The molecule has 0 atom stereocenters. The van der Waals surface area contributed by atoms with Crippen LogP contribution in [0.25, 0.3) is 0 Å². The number of piperidine rings is 1. The van der Waals surface area contributed by atoms with E-state index >= 15 is 0 Å². The summed E-state index contributed by atoms with van der Waals surface area (Å²) >= 11 is 0. The minimum atomic E-state index is -0.138. The Morgan fingerprint density at radius 3 is 2.59 bits per heavy atom. The first kappa shape index (κ1) is 23.7. The minimum absolute atomic E-state index is 0.0811. The molecule has 7 heteroatoms. The van der Waals surface area contributed by atoms with Gasteiger partial charge in [0.05, 0.1) is 0 Å². The van der Waals surface area contributed by atoms with Gasteiger partial charge in [0.2, 0.25) is 5.91 Å². The summed E-state index contributed by atoms with van der Waals surface area (Å²) in [6, 6.07) is 0. The number of nitrogens with one attached hydrogen (secondary N) is 2. The first-order chi connectivity index (χ1) is 13.0. The molecule has 1 heterocycles. The van der Waals surface area contributed by atoms with Crippen molar-refractivity contribution in [3.63, 3.8) is 0 Å². The van der Waals surface area contributed by atoms with E-state index in [0.717, 1.165) is 90.5 Å². The lowest BCUT2D eigenvalue weighted by Gasteiger charge is -2.30. The number of hydrogen-bond donors (Lipinski definition) is 3. The van der Waals surface area contributed by atoms with Gasteiger partial charge in [-0.3, -0.25) is 9.79 Å². The number of rotatable bonds is 13. The fourth-order valence-electron chi connectivity index (χ4n) is 3.13. The standard InChI is InChI=1S/C20H41N5O2/c1-4-22-20(24-11-7-15-27-16-17(2)3)23-10-5-6-12-25-13-8-18(9-14-25)19(21)26/h17-18H,4-16H2,1-3H3,(H2,21,26)(H2,22,23,24). The van der Waals surface area contributed by atoms with Gasteiger partial charge in [-0.15, -0.1) is 0 Å². The molecule has 0 spiro atoms. The van der Waals surface area contributed by atoms with Gasteiger partial charge in [0, 0.05) is 38.8 Å². The van der Waals surface area contributed by atoms with Crippen LogP contribution < -0.4 is 16.4 Å². The number of guanidine groups is 1. The number of aliphatic imine (C=N–C) groups is 1. The lowest BCUT2D eigenvalue weighted by atomic mass is 9.96. The SMILES string of the molecule is CCNC(=NCCCOCC(C)C)NCCCCN1CCC(C(N)=O)CC1. The van der Waals surface area contributed by atoms with E-state index in [1.54, 1.807) is 0 Å². The Bertz CT molecular complexity index is 421. The summed E-state index contributed by atoms with van der Waals surface area (Å²) in [5.74, 6) is 1.42. The van der Waals surface area contributed by atoms with Gasteiger partial charge in [0.25, 0.3) is 0 Å². The molecule has 1 fully saturated rings. The molecule has 1 aliphatic rings. The summed E-state index contributed by atoms with van der Waals surface area (Å²) in [6.07, 6.45) is 5.02. The minimum Gasteiger partial charge on any atom is -0.381 e. The maximum atomic E-state index is 11.2.